The van der Waals surface area contributed by atoms with Crippen LogP contribution in [0.15, 0.2) is 76.5 Å². The number of benzene rings is 3. The molecule has 0 spiro atoms. The van der Waals surface area contributed by atoms with E-state index < -0.39 is 15.7 Å². The lowest BCUT2D eigenvalue weighted by Gasteiger charge is -2.24. The van der Waals surface area contributed by atoms with Gasteiger partial charge >= 0.3 is 0 Å². The molecule has 0 saturated carbocycles. The molecule has 0 aromatic heterocycles. The van der Waals surface area contributed by atoms with Crippen LogP contribution in [-0.4, -0.2) is 50.7 Å². The first-order chi connectivity index (χ1) is 18.3. The molecule has 0 unspecified atom stereocenters. The van der Waals surface area contributed by atoms with E-state index >= 15 is 0 Å². The Hall–Kier alpha value is -3.98. The van der Waals surface area contributed by atoms with Crippen molar-refractivity contribution in [2.45, 2.75) is 42.5 Å². The van der Waals surface area contributed by atoms with Gasteiger partial charge in [0.25, 0.3) is 11.8 Å². The molecule has 2 aliphatic rings. The Kier molecular flexibility index (Phi) is 7.03. The topological polar surface area (TPSA) is 104 Å². The quantitative estimate of drug-likeness (QED) is 0.468. The van der Waals surface area contributed by atoms with Gasteiger partial charge in [-0.15, -0.1) is 0 Å². The molecule has 1 N–H and O–H groups in total. The lowest BCUT2D eigenvalue weighted by atomic mass is 10.1. The molecule has 0 aliphatic carbocycles. The number of nitrogens with zero attached hydrogens (tertiary/aromatic N) is 2. The van der Waals surface area contributed by atoms with Crippen LogP contribution in [0.4, 0.5) is 5.69 Å². The number of fused-ring (bicyclic) bond motifs is 2. The van der Waals surface area contributed by atoms with Crippen molar-refractivity contribution in [3.8, 4) is 0 Å². The van der Waals surface area contributed by atoms with E-state index in [9.17, 15) is 22.8 Å². The fourth-order valence-corrected chi connectivity index (χ4v) is 6.64. The molecule has 0 bridgehead atoms. The molecular formula is C29H29N3O5S. The van der Waals surface area contributed by atoms with Crippen molar-refractivity contribution in [3.05, 3.63) is 89.0 Å². The fourth-order valence-electron chi connectivity index (χ4n) is 5.01. The van der Waals surface area contributed by atoms with Gasteiger partial charge in [0, 0.05) is 31.6 Å². The minimum absolute atomic E-state index is 0.0208. The normalized spacial score (nSPS) is 16.1. The molecule has 3 aromatic carbocycles. The van der Waals surface area contributed by atoms with E-state index in [1.54, 1.807) is 17.0 Å². The van der Waals surface area contributed by atoms with E-state index in [4.69, 9.17) is 0 Å². The zero-order chi connectivity index (χ0) is 26.9. The smallest absolute Gasteiger partial charge is 0.259 e. The standard InChI is InChI=1S/C29H29N3O5S/c1-20-7-4-8-21(17-20)19-32-24-18-22(28(34)30-14-6-16-31-15-5-11-27(31)33)12-13-26(24)38(36,37)25-10-3-2-9-23(25)29(32)35/h2-4,7-10,12-13,17-18H,5-6,11,14-16,19H2,1H3,(H,30,34). The average Bonchev–Trinajstić information content (AvgIpc) is 3.30. The Labute approximate surface area is 222 Å². The summed E-state index contributed by atoms with van der Waals surface area (Å²) >= 11 is 0. The number of anilines is 1. The van der Waals surface area contributed by atoms with E-state index in [-0.39, 0.29) is 45.0 Å². The number of aryl methyl sites for hydroxylation is 1. The van der Waals surface area contributed by atoms with Gasteiger partial charge in [-0.1, -0.05) is 42.0 Å². The molecule has 0 radical (unpaired) electrons. The van der Waals surface area contributed by atoms with Gasteiger partial charge in [-0.25, -0.2) is 8.42 Å². The summed E-state index contributed by atoms with van der Waals surface area (Å²) in [5.74, 6) is -0.678. The van der Waals surface area contributed by atoms with Gasteiger partial charge < -0.3 is 15.1 Å². The molecule has 2 heterocycles. The number of nitrogens with one attached hydrogen (secondary N) is 1. The molecule has 9 heteroatoms. The number of hydrogen-bond acceptors (Lipinski definition) is 5. The van der Waals surface area contributed by atoms with E-state index in [1.165, 1.54) is 35.2 Å². The highest BCUT2D eigenvalue weighted by Crippen LogP contribution is 2.38. The van der Waals surface area contributed by atoms with Gasteiger partial charge in [0.05, 0.1) is 27.6 Å². The highest BCUT2D eigenvalue weighted by Gasteiger charge is 2.36. The summed E-state index contributed by atoms with van der Waals surface area (Å²) in [7, 11) is -4.01. The molecule has 196 valence electrons. The van der Waals surface area contributed by atoms with E-state index in [0.717, 1.165) is 24.1 Å². The minimum Gasteiger partial charge on any atom is -0.352 e. The molecule has 1 fully saturated rings. The van der Waals surface area contributed by atoms with Crippen molar-refractivity contribution in [2.75, 3.05) is 24.5 Å². The van der Waals surface area contributed by atoms with Crippen LogP contribution in [0.5, 0.6) is 0 Å². The molecule has 1 saturated heterocycles. The van der Waals surface area contributed by atoms with E-state index in [2.05, 4.69) is 5.32 Å². The predicted octanol–water partition coefficient (Wildman–Crippen LogP) is 3.73. The number of carbonyl (C=O) groups is 3. The Morgan fingerprint density at radius 2 is 1.79 bits per heavy atom. The zero-order valence-electron chi connectivity index (χ0n) is 21.1. The summed E-state index contributed by atoms with van der Waals surface area (Å²) in [5.41, 5.74) is 2.38. The SMILES string of the molecule is Cc1cccc(CN2C(=O)c3ccccc3S(=O)(=O)c3ccc(C(=O)NCCCN4CCCC4=O)cc32)c1. The second-order valence-corrected chi connectivity index (χ2v) is 11.5. The molecule has 3 amide bonds. The van der Waals surface area contributed by atoms with Crippen molar-refractivity contribution >= 4 is 33.2 Å². The van der Waals surface area contributed by atoms with Crippen LogP contribution in [0.2, 0.25) is 0 Å². The zero-order valence-corrected chi connectivity index (χ0v) is 22.0. The third-order valence-electron chi connectivity index (χ3n) is 6.94. The molecule has 0 atom stereocenters. The van der Waals surface area contributed by atoms with Crippen LogP contribution in [0, 0.1) is 6.92 Å². The maximum Gasteiger partial charge on any atom is 0.259 e. The summed E-state index contributed by atoms with van der Waals surface area (Å²) in [5, 5.41) is 2.85. The molecule has 3 aromatic rings. The second-order valence-electron chi connectivity index (χ2n) is 9.66. The van der Waals surface area contributed by atoms with Gasteiger partial charge in [-0.2, -0.15) is 0 Å². The van der Waals surface area contributed by atoms with Gasteiger partial charge in [0.15, 0.2) is 0 Å². The first-order valence-corrected chi connectivity index (χ1v) is 14.2. The predicted molar refractivity (Wildman–Crippen MR) is 143 cm³/mol. The highest BCUT2D eigenvalue weighted by atomic mass is 32.2. The summed E-state index contributed by atoms with van der Waals surface area (Å²) in [6, 6.07) is 18.2. The Morgan fingerprint density at radius 3 is 2.55 bits per heavy atom. The Balaban J connectivity index is 1.46. The molecule has 2 aliphatic heterocycles. The molecular weight excluding hydrogens is 502 g/mol. The molecule has 38 heavy (non-hydrogen) atoms. The van der Waals surface area contributed by atoms with Gasteiger partial charge in [0.2, 0.25) is 15.7 Å². The summed E-state index contributed by atoms with van der Waals surface area (Å²) < 4.78 is 27.3. The maximum absolute atomic E-state index is 13.7. The lowest BCUT2D eigenvalue weighted by molar-refractivity contribution is -0.127. The van der Waals surface area contributed by atoms with Crippen molar-refractivity contribution in [1.82, 2.24) is 10.2 Å². The monoisotopic (exact) mass is 531 g/mol. The highest BCUT2D eigenvalue weighted by molar-refractivity contribution is 7.91. The number of rotatable bonds is 7. The van der Waals surface area contributed by atoms with Crippen LogP contribution in [0.3, 0.4) is 0 Å². The number of hydrogen-bond donors (Lipinski definition) is 1. The third-order valence-corrected chi connectivity index (χ3v) is 8.80. The molecule has 8 nitrogen and oxygen atoms in total. The summed E-state index contributed by atoms with van der Waals surface area (Å²) in [6.45, 7) is 3.79. The van der Waals surface area contributed by atoms with Crippen LogP contribution in [0.25, 0.3) is 0 Å². The lowest BCUT2D eigenvalue weighted by Crippen LogP contribution is -2.32. The van der Waals surface area contributed by atoms with E-state index in [1.807, 2.05) is 31.2 Å². The number of sulfone groups is 1. The van der Waals surface area contributed by atoms with Crippen molar-refractivity contribution in [2.24, 2.45) is 0 Å². The number of likely N-dealkylation sites (tertiary alicyclic amines) is 1. The van der Waals surface area contributed by atoms with Crippen LogP contribution in [0.1, 0.15) is 51.1 Å². The van der Waals surface area contributed by atoms with Crippen LogP contribution in [-0.2, 0) is 21.2 Å². The van der Waals surface area contributed by atoms with Crippen LogP contribution >= 0.6 is 0 Å². The summed E-state index contributed by atoms with van der Waals surface area (Å²) in [4.78, 5) is 41.7. The number of carbonyl (C=O) groups excluding carboxylic acids is 3. The van der Waals surface area contributed by atoms with Gasteiger partial charge in [-0.3, -0.25) is 14.4 Å². The minimum atomic E-state index is -4.01. The van der Waals surface area contributed by atoms with Crippen molar-refractivity contribution in [3.63, 3.8) is 0 Å². The van der Waals surface area contributed by atoms with Crippen molar-refractivity contribution < 1.29 is 22.8 Å². The maximum atomic E-state index is 13.7. The van der Waals surface area contributed by atoms with Gasteiger partial charge in [-0.05, 0) is 55.7 Å². The first kappa shape index (κ1) is 25.7. The Morgan fingerprint density at radius 1 is 0.974 bits per heavy atom. The summed E-state index contributed by atoms with van der Waals surface area (Å²) in [6.07, 6.45) is 2.06. The average molecular weight is 532 g/mol. The van der Waals surface area contributed by atoms with Crippen LogP contribution < -0.4 is 10.2 Å². The second kappa shape index (κ2) is 10.4. The largest absolute Gasteiger partial charge is 0.352 e. The van der Waals surface area contributed by atoms with Gasteiger partial charge in [0.1, 0.15) is 0 Å². The van der Waals surface area contributed by atoms with Crippen molar-refractivity contribution in [1.29, 1.82) is 0 Å². The van der Waals surface area contributed by atoms with E-state index in [0.29, 0.717) is 25.9 Å². The first-order valence-electron chi connectivity index (χ1n) is 12.7. The number of amides is 3. The fraction of sp³-hybridized carbons (Fsp3) is 0.276. The molecule has 5 rings (SSSR count). The Bertz CT molecular complexity index is 1530. The third kappa shape index (κ3) is 4.93.